The normalized spacial score (nSPS) is 18.9. The molecular weight excluding hydrogens is 328 g/mol. The van der Waals surface area contributed by atoms with Crippen molar-refractivity contribution in [3.8, 4) is 0 Å². The van der Waals surface area contributed by atoms with E-state index < -0.39 is 4.92 Å². The molecule has 0 aliphatic carbocycles. The Morgan fingerprint density at radius 2 is 2.25 bits per heavy atom. The van der Waals surface area contributed by atoms with Crippen molar-refractivity contribution in [1.29, 1.82) is 0 Å². The molecule has 1 aromatic rings. The number of carbonyl (C=O) groups is 1. The quantitative estimate of drug-likeness (QED) is 0.674. The highest BCUT2D eigenvalue weighted by atomic mass is 79.9. The Labute approximate surface area is 124 Å². The lowest BCUT2D eigenvalue weighted by Gasteiger charge is -2.34. The summed E-state index contributed by atoms with van der Waals surface area (Å²) in [7, 11) is 0. The largest absolute Gasteiger partial charge is 0.394 e. The van der Waals surface area contributed by atoms with Crippen molar-refractivity contribution in [3.05, 3.63) is 38.3 Å². The Morgan fingerprint density at radius 3 is 2.90 bits per heavy atom. The van der Waals surface area contributed by atoms with E-state index >= 15 is 0 Å². The highest BCUT2D eigenvalue weighted by Gasteiger charge is 2.28. The number of nitrogens with zero attached hydrogens (tertiary/aromatic N) is 2. The maximum atomic E-state index is 12.5. The van der Waals surface area contributed by atoms with Crippen LogP contribution in [0.3, 0.4) is 0 Å². The molecule has 1 aliphatic rings. The van der Waals surface area contributed by atoms with E-state index in [-0.39, 0.29) is 29.8 Å². The topological polar surface area (TPSA) is 83.7 Å². The summed E-state index contributed by atoms with van der Waals surface area (Å²) < 4.78 is 0.523. The summed E-state index contributed by atoms with van der Waals surface area (Å²) in [4.78, 5) is 24.4. The molecule has 1 aliphatic heterocycles. The Balaban J connectivity index is 2.32. The summed E-state index contributed by atoms with van der Waals surface area (Å²) in [5, 5.41) is 20.2. The Hall–Kier alpha value is -1.47. The molecule has 108 valence electrons. The molecule has 0 spiro atoms. The number of amides is 1. The van der Waals surface area contributed by atoms with Crippen molar-refractivity contribution in [2.45, 2.75) is 25.3 Å². The molecule has 1 fully saturated rings. The molecule has 0 radical (unpaired) electrons. The van der Waals surface area contributed by atoms with Crippen LogP contribution < -0.4 is 0 Å². The number of aliphatic hydroxyl groups is 1. The predicted molar refractivity (Wildman–Crippen MR) is 76.6 cm³/mol. The number of aliphatic hydroxyl groups excluding tert-OH is 1. The van der Waals surface area contributed by atoms with Gasteiger partial charge >= 0.3 is 0 Å². The summed E-state index contributed by atoms with van der Waals surface area (Å²) in [6.45, 7) is 0.484. The van der Waals surface area contributed by atoms with Crippen LogP contribution in [0.15, 0.2) is 22.7 Å². The summed E-state index contributed by atoms with van der Waals surface area (Å²) in [5.41, 5.74) is 0.147. The van der Waals surface area contributed by atoms with Crippen LogP contribution in [0.25, 0.3) is 0 Å². The van der Waals surface area contributed by atoms with Gasteiger partial charge in [-0.2, -0.15) is 0 Å². The average Bonchev–Trinajstić information content (AvgIpc) is 2.46. The SMILES string of the molecule is O=C(c1cc([N+](=O)[O-])ccc1Br)N1CCCCC1CO. The molecule has 1 saturated heterocycles. The first-order chi connectivity index (χ1) is 9.54. The number of likely N-dealkylation sites (tertiary alicyclic amines) is 1. The third-order valence-corrected chi connectivity index (χ3v) is 4.18. The van der Waals surface area contributed by atoms with E-state index in [0.717, 1.165) is 19.3 Å². The molecule has 20 heavy (non-hydrogen) atoms. The average molecular weight is 343 g/mol. The van der Waals surface area contributed by atoms with Crippen LogP contribution in [0, 0.1) is 10.1 Å². The second-order valence-electron chi connectivity index (χ2n) is 4.75. The summed E-state index contributed by atoms with van der Waals surface area (Å²) >= 11 is 3.26. The number of nitro benzene ring substituents is 1. The molecule has 1 unspecified atom stereocenters. The zero-order chi connectivity index (χ0) is 14.7. The van der Waals surface area contributed by atoms with Crippen molar-refractivity contribution in [3.63, 3.8) is 0 Å². The number of hydrogen-bond donors (Lipinski definition) is 1. The highest BCUT2D eigenvalue weighted by molar-refractivity contribution is 9.10. The molecule has 6 nitrogen and oxygen atoms in total. The van der Waals surface area contributed by atoms with Crippen molar-refractivity contribution in [2.75, 3.05) is 13.2 Å². The molecule has 0 bridgehead atoms. The van der Waals surface area contributed by atoms with Crippen molar-refractivity contribution >= 4 is 27.5 Å². The van der Waals surface area contributed by atoms with Crippen LogP contribution in [0.1, 0.15) is 29.6 Å². The first-order valence-corrected chi connectivity index (χ1v) is 7.19. The first kappa shape index (κ1) is 14.9. The van der Waals surface area contributed by atoms with Crippen LogP contribution in [-0.4, -0.2) is 40.0 Å². The second-order valence-corrected chi connectivity index (χ2v) is 5.61. The van der Waals surface area contributed by atoms with Gasteiger partial charge in [0.15, 0.2) is 0 Å². The molecule has 2 rings (SSSR count). The minimum Gasteiger partial charge on any atom is -0.394 e. The lowest BCUT2D eigenvalue weighted by atomic mass is 10.0. The van der Waals surface area contributed by atoms with Gasteiger partial charge in [-0.25, -0.2) is 0 Å². The van der Waals surface area contributed by atoms with E-state index in [1.807, 2.05) is 0 Å². The summed E-state index contributed by atoms with van der Waals surface area (Å²) in [6, 6.07) is 3.92. The van der Waals surface area contributed by atoms with Crippen LogP contribution in [0.4, 0.5) is 5.69 Å². The molecular formula is C13H15BrN2O4. The van der Waals surface area contributed by atoms with Crippen LogP contribution >= 0.6 is 15.9 Å². The predicted octanol–water partition coefficient (Wildman–Crippen LogP) is 2.34. The fourth-order valence-corrected chi connectivity index (χ4v) is 2.82. The number of hydrogen-bond acceptors (Lipinski definition) is 4. The number of non-ortho nitro benzene ring substituents is 1. The van der Waals surface area contributed by atoms with E-state index in [0.29, 0.717) is 11.0 Å². The number of rotatable bonds is 3. The first-order valence-electron chi connectivity index (χ1n) is 6.40. The van der Waals surface area contributed by atoms with Crippen LogP contribution in [0.2, 0.25) is 0 Å². The second kappa shape index (κ2) is 6.32. The van der Waals surface area contributed by atoms with Gasteiger partial charge in [-0.1, -0.05) is 0 Å². The fourth-order valence-electron chi connectivity index (χ4n) is 2.40. The lowest BCUT2D eigenvalue weighted by Crippen LogP contribution is -2.45. The third kappa shape index (κ3) is 2.99. The molecule has 0 saturated carbocycles. The van der Waals surface area contributed by atoms with Crippen LogP contribution in [-0.2, 0) is 0 Å². The number of nitro groups is 1. The Bertz CT molecular complexity index is 535. The molecule has 0 aromatic heterocycles. The van der Waals surface area contributed by atoms with E-state index in [2.05, 4.69) is 15.9 Å². The van der Waals surface area contributed by atoms with Crippen molar-refractivity contribution < 1.29 is 14.8 Å². The number of carbonyl (C=O) groups excluding carboxylic acids is 1. The van der Waals surface area contributed by atoms with Gasteiger partial charge in [-0.05, 0) is 41.3 Å². The highest BCUT2D eigenvalue weighted by Crippen LogP contribution is 2.26. The van der Waals surface area contributed by atoms with E-state index in [1.165, 1.54) is 18.2 Å². The van der Waals surface area contributed by atoms with E-state index in [4.69, 9.17) is 0 Å². The summed E-state index contributed by atoms with van der Waals surface area (Å²) in [5.74, 6) is -0.278. The minimum absolute atomic E-state index is 0.0850. The lowest BCUT2D eigenvalue weighted by molar-refractivity contribution is -0.384. The van der Waals surface area contributed by atoms with Gasteiger partial charge in [0.25, 0.3) is 11.6 Å². The van der Waals surface area contributed by atoms with Gasteiger partial charge in [0.2, 0.25) is 0 Å². The standard InChI is InChI=1S/C13H15BrN2O4/c14-12-5-4-9(16(19)20)7-11(12)13(18)15-6-2-1-3-10(15)8-17/h4-5,7,10,17H,1-3,6,8H2. The van der Waals surface area contributed by atoms with E-state index in [9.17, 15) is 20.0 Å². The molecule has 1 aromatic carbocycles. The molecule has 1 N–H and O–H groups in total. The molecule has 7 heteroatoms. The van der Waals surface area contributed by atoms with E-state index in [1.54, 1.807) is 4.90 Å². The Morgan fingerprint density at radius 1 is 1.50 bits per heavy atom. The monoisotopic (exact) mass is 342 g/mol. The maximum absolute atomic E-state index is 12.5. The van der Waals surface area contributed by atoms with Crippen molar-refractivity contribution in [2.24, 2.45) is 0 Å². The number of halogens is 1. The fraction of sp³-hybridized carbons (Fsp3) is 0.462. The third-order valence-electron chi connectivity index (χ3n) is 3.49. The van der Waals surface area contributed by atoms with Crippen molar-refractivity contribution in [1.82, 2.24) is 4.90 Å². The Kier molecular flexibility index (Phi) is 4.72. The van der Waals surface area contributed by atoms with Gasteiger partial charge in [-0.15, -0.1) is 0 Å². The van der Waals surface area contributed by atoms with Crippen LogP contribution in [0.5, 0.6) is 0 Å². The summed E-state index contributed by atoms with van der Waals surface area (Å²) in [6.07, 6.45) is 2.62. The zero-order valence-electron chi connectivity index (χ0n) is 10.8. The smallest absolute Gasteiger partial charge is 0.270 e. The number of piperidine rings is 1. The molecule has 1 atom stereocenters. The zero-order valence-corrected chi connectivity index (χ0v) is 12.4. The number of benzene rings is 1. The van der Waals surface area contributed by atoms with Gasteiger partial charge in [0.1, 0.15) is 0 Å². The maximum Gasteiger partial charge on any atom is 0.270 e. The molecule has 1 heterocycles. The molecule has 1 amide bonds. The van der Waals surface area contributed by atoms with Gasteiger partial charge < -0.3 is 10.0 Å². The van der Waals surface area contributed by atoms with Gasteiger partial charge in [0, 0.05) is 23.2 Å². The van der Waals surface area contributed by atoms with Gasteiger partial charge in [0.05, 0.1) is 23.1 Å². The van der Waals surface area contributed by atoms with Gasteiger partial charge in [-0.3, -0.25) is 14.9 Å². The minimum atomic E-state index is -0.525.